The molecule has 3 amide bonds. The van der Waals surface area contributed by atoms with Crippen LogP contribution in [0.1, 0.15) is 45.1 Å². The molecule has 0 radical (unpaired) electrons. The van der Waals surface area contributed by atoms with Gasteiger partial charge >= 0.3 is 0 Å². The lowest BCUT2D eigenvalue weighted by Gasteiger charge is -2.40. The Morgan fingerprint density at radius 3 is 2.67 bits per heavy atom. The Morgan fingerprint density at radius 1 is 1.26 bits per heavy atom. The lowest BCUT2D eigenvalue weighted by Crippen LogP contribution is -2.60. The highest BCUT2D eigenvalue weighted by molar-refractivity contribution is 6.12. The minimum atomic E-state index is -2.91. The molecule has 2 aromatic rings. The highest BCUT2D eigenvalue weighted by atomic mass is 19.3. The molecule has 1 saturated carbocycles. The van der Waals surface area contributed by atoms with Crippen LogP contribution < -0.4 is 15.1 Å². The van der Waals surface area contributed by atoms with Crippen LogP contribution in [0.25, 0.3) is 0 Å². The fourth-order valence-electron chi connectivity index (χ4n) is 5.77. The average molecular weight is 594 g/mol. The molecule has 43 heavy (non-hydrogen) atoms. The third-order valence-electron chi connectivity index (χ3n) is 8.23. The number of alkyl halides is 2. The molecule has 0 spiro atoms. The second-order valence-electron chi connectivity index (χ2n) is 11.2. The van der Waals surface area contributed by atoms with Crippen molar-refractivity contribution in [1.29, 1.82) is 5.26 Å². The summed E-state index contributed by atoms with van der Waals surface area (Å²) < 4.78 is 42.0. The number of amides is 3. The molecule has 1 unspecified atom stereocenters. The molecule has 1 aliphatic heterocycles. The number of nitrogens with one attached hydrogen (secondary N) is 1. The Labute approximate surface area is 246 Å². The number of hydrogen-bond acceptors (Lipinski definition) is 6. The van der Waals surface area contributed by atoms with Gasteiger partial charge in [0.2, 0.25) is 5.91 Å². The topological polar surface area (TPSA) is 127 Å². The maximum absolute atomic E-state index is 14.6. The summed E-state index contributed by atoms with van der Waals surface area (Å²) in [6, 6.07) is 6.02. The number of aliphatic hydroxyl groups is 1. The van der Waals surface area contributed by atoms with E-state index < -0.39 is 66.5 Å². The van der Waals surface area contributed by atoms with Crippen LogP contribution in [0.3, 0.4) is 0 Å². The van der Waals surface area contributed by atoms with Crippen molar-refractivity contribution >= 4 is 29.2 Å². The highest BCUT2D eigenvalue weighted by Crippen LogP contribution is 2.39. The second kappa shape index (κ2) is 11.6. The van der Waals surface area contributed by atoms with Gasteiger partial charge in [0.15, 0.2) is 0 Å². The molecule has 1 aromatic carbocycles. The average Bonchev–Trinajstić information content (AvgIpc) is 3.25. The molecule has 4 atom stereocenters. The summed E-state index contributed by atoms with van der Waals surface area (Å²) in [4.78, 5) is 47.9. The number of allylic oxidation sites excluding steroid dienone is 2. The monoisotopic (exact) mass is 593 g/mol. The van der Waals surface area contributed by atoms with Gasteiger partial charge in [0.05, 0.1) is 11.6 Å². The van der Waals surface area contributed by atoms with E-state index in [0.717, 1.165) is 27.5 Å². The summed E-state index contributed by atoms with van der Waals surface area (Å²) in [6.45, 7) is 3.75. The predicted molar refractivity (Wildman–Crippen MR) is 150 cm³/mol. The van der Waals surface area contributed by atoms with E-state index in [1.165, 1.54) is 30.5 Å². The van der Waals surface area contributed by atoms with Crippen molar-refractivity contribution in [3.63, 3.8) is 0 Å². The molecule has 2 N–H and O–H groups in total. The zero-order valence-corrected chi connectivity index (χ0v) is 23.5. The van der Waals surface area contributed by atoms with Crippen molar-refractivity contribution in [2.24, 2.45) is 5.92 Å². The number of aromatic nitrogens is 1. The number of halogens is 3. The lowest BCUT2D eigenvalue weighted by molar-refractivity contribution is -0.132. The molecule has 224 valence electrons. The van der Waals surface area contributed by atoms with Crippen LogP contribution in [0.15, 0.2) is 65.9 Å². The van der Waals surface area contributed by atoms with Crippen LogP contribution in [-0.2, 0) is 14.4 Å². The van der Waals surface area contributed by atoms with Crippen LogP contribution in [0, 0.1) is 23.1 Å². The summed E-state index contributed by atoms with van der Waals surface area (Å²) >= 11 is 0. The van der Waals surface area contributed by atoms with Gasteiger partial charge in [-0.2, -0.15) is 5.26 Å². The molecular weight excluding hydrogens is 563 g/mol. The molecule has 5 rings (SSSR count). The molecule has 1 saturated heterocycles. The van der Waals surface area contributed by atoms with Gasteiger partial charge in [-0.15, -0.1) is 0 Å². The van der Waals surface area contributed by atoms with Crippen LogP contribution in [0.5, 0.6) is 0 Å². The molecule has 0 bridgehead atoms. The van der Waals surface area contributed by atoms with E-state index in [1.54, 1.807) is 6.08 Å². The number of benzene rings is 1. The van der Waals surface area contributed by atoms with Gasteiger partial charge in [-0.25, -0.2) is 18.2 Å². The molecule has 2 aliphatic carbocycles. The van der Waals surface area contributed by atoms with Gasteiger partial charge in [0.1, 0.15) is 29.8 Å². The van der Waals surface area contributed by atoms with E-state index in [1.807, 2.05) is 26.0 Å². The van der Waals surface area contributed by atoms with Crippen molar-refractivity contribution in [1.82, 2.24) is 10.3 Å². The zero-order valence-electron chi connectivity index (χ0n) is 23.5. The number of nitriles is 1. The Kier molecular flexibility index (Phi) is 8.12. The second-order valence-corrected chi connectivity index (χ2v) is 11.2. The molecule has 3 aliphatic rings. The molecule has 9 nitrogen and oxygen atoms in total. The van der Waals surface area contributed by atoms with Crippen molar-refractivity contribution in [3.05, 3.63) is 77.3 Å². The van der Waals surface area contributed by atoms with Gasteiger partial charge in [-0.05, 0) is 55.2 Å². The Bertz CT molecular complexity index is 1560. The number of carbonyl (C=O) groups excluding carboxylic acids is 3. The molecular formula is C31H30F3N5O4. The number of rotatable bonds is 7. The summed E-state index contributed by atoms with van der Waals surface area (Å²) in [5, 5.41) is 22.6. The number of hydrogen-bond donors (Lipinski definition) is 2. The first-order chi connectivity index (χ1) is 20.4. The highest BCUT2D eigenvalue weighted by Gasteiger charge is 2.50. The first kappa shape index (κ1) is 30.0. The van der Waals surface area contributed by atoms with Crippen molar-refractivity contribution in [2.75, 3.05) is 9.80 Å². The van der Waals surface area contributed by atoms with Gasteiger partial charge in [0.25, 0.3) is 17.7 Å². The van der Waals surface area contributed by atoms with Crippen molar-refractivity contribution in [3.8, 4) is 6.07 Å². The summed E-state index contributed by atoms with van der Waals surface area (Å²) in [6.07, 6.45) is 2.43. The third-order valence-corrected chi connectivity index (χ3v) is 8.23. The largest absolute Gasteiger partial charge is 0.383 e. The minimum Gasteiger partial charge on any atom is -0.383 e. The molecule has 12 heteroatoms. The Balaban J connectivity index is 1.63. The number of aliphatic hydroxyl groups excluding tert-OH is 1. The molecule has 1 aromatic heterocycles. The minimum absolute atomic E-state index is 0.0106. The fraction of sp³-hybridized carbons (Fsp3) is 0.387. The summed E-state index contributed by atoms with van der Waals surface area (Å²) in [5.41, 5.74) is 1.35. The van der Waals surface area contributed by atoms with Crippen molar-refractivity contribution < 1.29 is 32.7 Å². The zero-order chi connectivity index (χ0) is 31.1. The van der Waals surface area contributed by atoms with E-state index in [2.05, 4.69) is 10.3 Å². The van der Waals surface area contributed by atoms with E-state index in [4.69, 9.17) is 0 Å². The number of carbonyl (C=O) groups is 3. The van der Waals surface area contributed by atoms with E-state index in [0.29, 0.717) is 12.0 Å². The van der Waals surface area contributed by atoms with E-state index >= 15 is 0 Å². The number of nitrogens with zero attached hydrogens (tertiary/aromatic N) is 4. The Hall–Kier alpha value is -4.50. The van der Waals surface area contributed by atoms with Crippen LogP contribution in [0.4, 0.5) is 24.7 Å². The van der Waals surface area contributed by atoms with E-state index in [9.17, 15) is 37.9 Å². The number of pyridine rings is 1. The van der Waals surface area contributed by atoms with E-state index in [-0.39, 0.29) is 29.4 Å². The quantitative estimate of drug-likeness (QED) is 0.503. The first-order valence-electron chi connectivity index (χ1n) is 13.9. The van der Waals surface area contributed by atoms with Gasteiger partial charge in [-0.3, -0.25) is 24.2 Å². The maximum Gasteiger partial charge on any atom is 0.257 e. The van der Waals surface area contributed by atoms with Gasteiger partial charge in [-0.1, -0.05) is 30.7 Å². The van der Waals surface area contributed by atoms with Crippen LogP contribution in [-0.4, -0.2) is 58.0 Å². The summed E-state index contributed by atoms with van der Waals surface area (Å²) in [7, 11) is 0. The van der Waals surface area contributed by atoms with Gasteiger partial charge < -0.3 is 10.4 Å². The predicted octanol–water partition coefficient (Wildman–Crippen LogP) is 3.79. The first-order valence-corrected chi connectivity index (χ1v) is 13.9. The maximum atomic E-state index is 14.6. The van der Waals surface area contributed by atoms with Crippen molar-refractivity contribution in [2.45, 2.75) is 69.7 Å². The number of anilines is 2. The normalized spacial score (nSPS) is 23.9. The Morgan fingerprint density at radius 2 is 2.00 bits per heavy atom. The fourth-order valence-corrected chi connectivity index (χ4v) is 5.77. The van der Waals surface area contributed by atoms with Gasteiger partial charge in [0, 0.05) is 37.2 Å². The van der Waals surface area contributed by atoms with Crippen LogP contribution >= 0.6 is 0 Å². The third kappa shape index (κ3) is 5.90. The SMILES string of the molecule is CC1=C([C@@H](C(=O)NC2CC(F)(F)C2)N(C(=O)[C@@H]2C[C@@H](O)C(=O)N2c2cc(C#N)ccn2)c2cccc(F)c2)C=CCC1C. The summed E-state index contributed by atoms with van der Waals surface area (Å²) in [5.74, 6) is -6.09. The smallest absolute Gasteiger partial charge is 0.257 e. The molecule has 2 fully saturated rings. The van der Waals surface area contributed by atoms with Crippen LogP contribution in [0.2, 0.25) is 0 Å². The molecule has 2 heterocycles. The lowest BCUT2D eigenvalue weighted by atomic mass is 9.84. The standard InChI is InChI=1S/C31H30F3N5O4/c1-17-5-3-8-23(18(17)2)27(28(41)37-21-14-31(33,34)15-21)38(22-7-4-6-20(32)12-22)29(42)24-13-25(40)30(43)39(24)26-11-19(16-35)9-10-36-26/h3-4,6-12,17,21,24-25,27,40H,5,13-15H2,1-2H3,(H,37,41)/t17?,24-,25+,27-/m0/s1.